The Morgan fingerprint density at radius 2 is 1.72 bits per heavy atom. The van der Waals surface area contributed by atoms with Crippen molar-refractivity contribution in [2.75, 3.05) is 47.6 Å². The van der Waals surface area contributed by atoms with Gasteiger partial charge >= 0.3 is 0 Å². The summed E-state index contributed by atoms with van der Waals surface area (Å²) in [7, 11) is 4.86. The summed E-state index contributed by atoms with van der Waals surface area (Å²) in [6.45, 7) is 3.61. The summed E-state index contributed by atoms with van der Waals surface area (Å²) in [5.41, 5.74) is 4.65. The maximum atomic E-state index is 11.0. The lowest BCUT2D eigenvalue weighted by Crippen LogP contribution is -2.35. The highest BCUT2D eigenvalue weighted by Gasteiger charge is 2.25. The summed E-state index contributed by atoms with van der Waals surface area (Å²) in [5.74, 6) is 2.81. The Morgan fingerprint density at radius 1 is 1.00 bits per heavy atom. The Labute approximate surface area is 191 Å². The smallest absolute Gasteiger partial charge is 0.164 e. The zero-order valence-corrected chi connectivity index (χ0v) is 19.3. The van der Waals surface area contributed by atoms with Crippen molar-refractivity contribution >= 4 is 22.7 Å². The molecule has 0 saturated carbocycles. The summed E-state index contributed by atoms with van der Waals surface area (Å²) in [5, 5.41) is 12.0. The van der Waals surface area contributed by atoms with Gasteiger partial charge in [0.25, 0.3) is 0 Å². The van der Waals surface area contributed by atoms with Gasteiger partial charge < -0.3 is 24.1 Å². The van der Waals surface area contributed by atoms with E-state index in [4.69, 9.17) is 23.9 Å². The molecule has 1 aromatic heterocycles. The number of aromatic hydroxyl groups is 1. The van der Waals surface area contributed by atoms with Crippen molar-refractivity contribution in [1.82, 2.24) is 9.88 Å². The topological polar surface area (TPSA) is 73.3 Å². The van der Waals surface area contributed by atoms with Gasteiger partial charge in [0.1, 0.15) is 0 Å². The molecular formula is C24H26N2O5S. The Kier molecular flexibility index (Phi) is 5.75. The lowest BCUT2D eigenvalue weighted by Gasteiger charge is -2.28. The van der Waals surface area contributed by atoms with Gasteiger partial charge in [-0.15, -0.1) is 11.8 Å². The normalized spacial score (nSPS) is 15.8. The minimum absolute atomic E-state index is 0.150. The second kappa shape index (κ2) is 8.69. The van der Waals surface area contributed by atoms with Gasteiger partial charge in [-0.05, 0) is 29.8 Å². The molecule has 2 aromatic carbocycles. The van der Waals surface area contributed by atoms with Crippen LogP contribution in [0.3, 0.4) is 0 Å². The van der Waals surface area contributed by atoms with Gasteiger partial charge in [-0.1, -0.05) is 0 Å². The third-order valence-electron chi connectivity index (χ3n) is 6.05. The number of methoxy groups -OCH3 is 3. The zero-order valence-electron chi connectivity index (χ0n) is 18.4. The van der Waals surface area contributed by atoms with Crippen LogP contribution >= 0.6 is 11.8 Å². The van der Waals surface area contributed by atoms with Gasteiger partial charge in [-0.25, -0.2) is 4.98 Å². The van der Waals surface area contributed by atoms with Crippen LogP contribution in [-0.4, -0.2) is 62.6 Å². The highest BCUT2D eigenvalue weighted by molar-refractivity contribution is 7.98. The van der Waals surface area contributed by atoms with Gasteiger partial charge in [-0.2, -0.15) is 0 Å². The Balaban J connectivity index is 1.69. The van der Waals surface area contributed by atoms with Gasteiger partial charge in [0.15, 0.2) is 23.0 Å². The minimum atomic E-state index is 0.150. The van der Waals surface area contributed by atoms with E-state index >= 15 is 0 Å². The number of phenolic OH excluding ortho intramolecular Hbond substituents is 1. The molecule has 5 rings (SSSR count). The van der Waals surface area contributed by atoms with Gasteiger partial charge in [0.05, 0.1) is 45.8 Å². The van der Waals surface area contributed by atoms with Crippen LogP contribution in [0.1, 0.15) is 11.1 Å². The average Bonchev–Trinajstić information content (AvgIpc) is 2.84. The van der Waals surface area contributed by atoms with E-state index in [1.807, 2.05) is 18.2 Å². The standard InChI is InChI=1S/C24H26N2O5S/c1-28-18-10-16-21(11-19(18)29-2)32-13-15-8-14-9-20(30-3)24(27)17(22(14)25-23(15)16)12-26-4-6-31-7-5-26/h8-11,27H,4-7,12-13H2,1-3H3. The van der Waals surface area contributed by atoms with E-state index in [0.717, 1.165) is 57.0 Å². The largest absolute Gasteiger partial charge is 0.504 e. The van der Waals surface area contributed by atoms with E-state index in [0.29, 0.717) is 37.0 Å². The SMILES string of the molecule is COc1cc2c(cc1OC)-c1nc3c(CN4CCOCC4)c(O)c(OC)cc3cc1CS2. The minimum Gasteiger partial charge on any atom is -0.504 e. The summed E-state index contributed by atoms with van der Waals surface area (Å²) in [6.07, 6.45) is 0. The fraction of sp³-hybridized carbons (Fsp3) is 0.375. The second-order valence-electron chi connectivity index (χ2n) is 7.85. The number of hydrogen-bond donors (Lipinski definition) is 1. The average molecular weight is 455 g/mol. The molecule has 1 saturated heterocycles. The van der Waals surface area contributed by atoms with Crippen molar-refractivity contribution in [2.45, 2.75) is 17.2 Å². The van der Waals surface area contributed by atoms with Crippen LogP contribution in [0.4, 0.5) is 0 Å². The van der Waals surface area contributed by atoms with Crippen molar-refractivity contribution in [1.29, 1.82) is 0 Å². The molecule has 0 bridgehead atoms. The number of fused-ring (bicyclic) bond motifs is 4. The Hall–Kier alpha value is -2.68. The van der Waals surface area contributed by atoms with Gasteiger partial charge in [0, 0.05) is 46.8 Å². The molecule has 32 heavy (non-hydrogen) atoms. The lowest BCUT2D eigenvalue weighted by atomic mass is 10.00. The lowest BCUT2D eigenvalue weighted by molar-refractivity contribution is 0.0340. The number of thioether (sulfide) groups is 1. The van der Waals surface area contributed by atoms with Crippen LogP contribution in [0, 0.1) is 0 Å². The van der Waals surface area contributed by atoms with Crippen LogP contribution in [0.2, 0.25) is 0 Å². The molecule has 1 fully saturated rings. The van der Waals surface area contributed by atoms with Crippen molar-refractivity contribution in [2.24, 2.45) is 0 Å². The number of hydrogen-bond acceptors (Lipinski definition) is 8. The van der Waals surface area contributed by atoms with Crippen molar-refractivity contribution < 1.29 is 24.1 Å². The summed E-state index contributed by atoms with van der Waals surface area (Å²) >= 11 is 1.76. The van der Waals surface area contributed by atoms with Crippen LogP contribution in [0.25, 0.3) is 22.2 Å². The van der Waals surface area contributed by atoms with E-state index in [9.17, 15) is 5.11 Å². The zero-order chi connectivity index (χ0) is 22.2. The second-order valence-corrected chi connectivity index (χ2v) is 8.87. The van der Waals surface area contributed by atoms with Crippen molar-refractivity contribution in [3.8, 4) is 34.3 Å². The number of ether oxygens (including phenoxy) is 4. The number of pyridine rings is 1. The summed E-state index contributed by atoms with van der Waals surface area (Å²) in [4.78, 5) is 8.49. The first-order valence-corrected chi connectivity index (χ1v) is 11.5. The molecule has 0 amide bonds. The first-order valence-electron chi connectivity index (χ1n) is 10.5. The first kappa shape index (κ1) is 21.2. The molecule has 0 spiro atoms. The van der Waals surface area contributed by atoms with Crippen LogP contribution in [0.5, 0.6) is 23.0 Å². The molecule has 0 unspecified atom stereocenters. The van der Waals surface area contributed by atoms with Crippen LogP contribution in [-0.2, 0) is 17.0 Å². The highest BCUT2D eigenvalue weighted by Crippen LogP contribution is 2.47. The Bertz CT molecular complexity index is 1180. The molecule has 2 aliphatic heterocycles. The number of morpholine rings is 1. The molecule has 168 valence electrons. The molecule has 0 radical (unpaired) electrons. The van der Waals surface area contributed by atoms with E-state index in [2.05, 4.69) is 11.0 Å². The fourth-order valence-electron chi connectivity index (χ4n) is 4.35. The number of rotatable bonds is 5. The molecule has 2 aliphatic rings. The predicted molar refractivity (Wildman–Crippen MR) is 124 cm³/mol. The van der Waals surface area contributed by atoms with Gasteiger partial charge in [-0.3, -0.25) is 4.90 Å². The molecule has 7 nitrogen and oxygen atoms in total. The molecule has 8 heteroatoms. The van der Waals surface area contributed by atoms with Crippen LogP contribution in [0.15, 0.2) is 29.2 Å². The van der Waals surface area contributed by atoms with E-state index < -0.39 is 0 Å². The van der Waals surface area contributed by atoms with Crippen LogP contribution < -0.4 is 14.2 Å². The van der Waals surface area contributed by atoms with E-state index in [-0.39, 0.29) is 5.75 Å². The number of nitrogens with zero attached hydrogens (tertiary/aromatic N) is 2. The molecule has 3 heterocycles. The quantitative estimate of drug-likeness (QED) is 0.619. The number of phenols is 1. The van der Waals surface area contributed by atoms with Crippen molar-refractivity contribution in [3.05, 3.63) is 35.4 Å². The molecule has 1 N–H and O–H groups in total. The third kappa shape index (κ3) is 3.62. The number of benzene rings is 2. The molecule has 0 aliphatic carbocycles. The predicted octanol–water partition coefficient (Wildman–Crippen LogP) is 4.07. The number of aromatic nitrogens is 1. The van der Waals surface area contributed by atoms with E-state index in [1.165, 1.54) is 0 Å². The third-order valence-corrected chi connectivity index (χ3v) is 7.16. The maximum Gasteiger partial charge on any atom is 0.164 e. The van der Waals surface area contributed by atoms with E-state index in [1.54, 1.807) is 33.1 Å². The maximum absolute atomic E-state index is 11.0. The molecular weight excluding hydrogens is 428 g/mol. The molecule has 0 atom stereocenters. The summed E-state index contributed by atoms with van der Waals surface area (Å²) < 4.78 is 22.0. The monoisotopic (exact) mass is 454 g/mol. The van der Waals surface area contributed by atoms with Gasteiger partial charge in [0.2, 0.25) is 0 Å². The van der Waals surface area contributed by atoms with Crippen molar-refractivity contribution in [3.63, 3.8) is 0 Å². The fourth-order valence-corrected chi connectivity index (χ4v) is 5.38. The summed E-state index contributed by atoms with van der Waals surface area (Å²) in [6, 6.07) is 8.03. The molecule has 3 aromatic rings. The highest BCUT2D eigenvalue weighted by atomic mass is 32.2. The Morgan fingerprint density at radius 3 is 2.44 bits per heavy atom. The first-order chi connectivity index (χ1) is 15.6.